The molecule has 1 heterocycles. The number of carbonyl (C=O) groups is 1. The normalized spacial score (nSPS) is 29.8. The first-order chi connectivity index (χ1) is 14.3. The van der Waals surface area contributed by atoms with Crippen LogP contribution in [0.25, 0.3) is 0 Å². The van der Waals surface area contributed by atoms with Crippen molar-refractivity contribution in [3.8, 4) is 0 Å². The number of aryl methyl sites for hydroxylation is 1. The number of carbonyl (C=O) groups excluding carboxylic acids is 1. The lowest BCUT2D eigenvalue weighted by Crippen LogP contribution is -2.48. The predicted molar refractivity (Wildman–Crippen MR) is 116 cm³/mol. The Morgan fingerprint density at radius 1 is 1.07 bits per heavy atom. The van der Waals surface area contributed by atoms with E-state index in [0.717, 1.165) is 28.3 Å². The van der Waals surface area contributed by atoms with Gasteiger partial charge < -0.3 is 5.32 Å². The molecule has 0 unspecified atom stereocenters. The summed E-state index contributed by atoms with van der Waals surface area (Å²) in [7, 11) is -3.48. The summed E-state index contributed by atoms with van der Waals surface area (Å²) in [6, 6.07) is 6.70. The molecular weight excluding hydrogens is 418 g/mol. The van der Waals surface area contributed by atoms with E-state index >= 15 is 0 Å². The van der Waals surface area contributed by atoms with E-state index in [9.17, 15) is 13.2 Å². The number of sulfone groups is 1. The largest absolute Gasteiger partial charge is 0.300 e. The summed E-state index contributed by atoms with van der Waals surface area (Å²) >= 11 is 1.48. The minimum Gasteiger partial charge on any atom is -0.300 e. The molecule has 0 saturated heterocycles. The van der Waals surface area contributed by atoms with Crippen molar-refractivity contribution in [2.24, 2.45) is 17.8 Å². The molecule has 160 valence electrons. The van der Waals surface area contributed by atoms with Gasteiger partial charge in [0.15, 0.2) is 9.84 Å². The van der Waals surface area contributed by atoms with Gasteiger partial charge in [0.1, 0.15) is 5.01 Å². The fraction of sp³-hybridized carbons (Fsp3) is 0.591. The number of benzene rings is 1. The molecule has 2 aromatic rings. The van der Waals surface area contributed by atoms with Crippen LogP contribution < -0.4 is 5.32 Å². The summed E-state index contributed by atoms with van der Waals surface area (Å²) in [6.45, 7) is 1.91. The van der Waals surface area contributed by atoms with Gasteiger partial charge in [-0.15, -0.1) is 10.2 Å². The Morgan fingerprint density at radius 2 is 1.67 bits per heavy atom. The van der Waals surface area contributed by atoms with Gasteiger partial charge in [-0.2, -0.15) is 0 Å². The SMILES string of the molecule is Cc1ccc(S(=O)(=O)CCC(=O)Nc2nnc(C34CC5CC(CC(C5)C3)C4)s2)cc1. The third-order valence-electron chi connectivity index (χ3n) is 7.14. The maximum Gasteiger partial charge on any atom is 0.227 e. The molecule has 1 amide bonds. The second-order valence-electron chi connectivity index (χ2n) is 9.54. The summed E-state index contributed by atoms with van der Waals surface area (Å²) in [6.07, 6.45) is 7.64. The number of anilines is 1. The zero-order valence-corrected chi connectivity index (χ0v) is 18.8. The van der Waals surface area contributed by atoms with Crippen molar-refractivity contribution in [3.05, 3.63) is 34.8 Å². The minimum absolute atomic E-state index is 0.0948. The monoisotopic (exact) mass is 445 g/mol. The van der Waals surface area contributed by atoms with Crippen molar-refractivity contribution in [3.63, 3.8) is 0 Å². The zero-order chi connectivity index (χ0) is 20.9. The molecule has 4 fully saturated rings. The lowest BCUT2D eigenvalue weighted by molar-refractivity contribution is -0.115. The summed E-state index contributed by atoms with van der Waals surface area (Å²) in [5, 5.41) is 13.0. The van der Waals surface area contributed by atoms with Gasteiger partial charge >= 0.3 is 0 Å². The van der Waals surface area contributed by atoms with E-state index in [0.29, 0.717) is 5.13 Å². The average Bonchev–Trinajstić information content (AvgIpc) is 3.15. The van der Waals surface area contributed by atoms with E-state index in [1.807, 2.05) is 6.92 Å². The predicted octanol–water partition coefficient (Wildman–Crippen LogP) is 4.12. The van der Waals surface area contributed by atoms with E-state index in [4.69, 9.17) is 0 Å². The molecule has 4 aliphatic carbocycles. The van der Waals surface area contributed by atoms with Crippen molar-refractivity contribution >= 4 is 32.2 Å². The Morgan fingerprint density at radius 3 is 2.27 bits per heavy atom. The number of hydrogen-bond donors (Lipinski definition) is 1. The number of amides is 1. The summed E-state index contributed by atoms with van der Waals surface area (Å²) in [5.41, 5.74) is 1.15. The van der Waals surface area contributed by atoms with Gasteiger partial charge in [0.2, 0.25) is 11.0 Å². The van der Waals surface area contributed by atoms with Gasteiger partial charge in [-0.3, -0.25) is 4.79 Å². The molecule has 0 radical (unpaired) electrons. The van der Waals surface area contributed by atoms with Crippen LogP contribution in [-0.4, -0.2) is 30.3 Å². The highest BCUT2D eigenvalue weighted by atomic mass is 32.2. The second-order valence-corrected chi connectivity index (χ2v) is 12.6. The molecule has 6 nitrogen and oxygen atoms in total. The molecular formula is C22H27N3O3S2. The molecule has 0 aliphatic heterocycles. The number of nitrogens with one attached hydrogen (secondary N) is 1. The molecule has 0 atom stereocenters. The summed E-state index contributed by atoms with van der Waals surface area (Å²) in [5.74, 6) is 1.92. The summed E-state index contributed by atoms with van der Waals surface area (Å²) < 4.78 is 24.9. The molecule has 1 aromatic heterocycles. The molecule has 30 heavy (non-hydrogen) atoms. The van der Waals surface area contributed by atoms with Crippen LogP contribution in [0.4, 0.5) is 5.13 Å². The Hall–Kier alpha value is -1.80. The van der Waals surface area contributed by atoms with Crippen LogP contribution in [0.5, 0.6) is 0 Å². The third-order valence-corrected chi connectivity index (χ3v) is 9.96. The van der Waals surface area contributed by atoms with Crippen molar-refractivity contribution in [1.29, 1.82) is 0 Å². The molecule has 6 rings (SSSR count). The molecule has 1 N–H and O–H groups in total. The molecule has 4 saturated carbocycles. The van der Waals surface area contributed by atoms with Crippen LogP contribution in [0.2, 0.25) is 0 Å². The quantitative estimate of drug-likeness (QED) is 0.723. The number of rotatable bonds is 6. The first kappa shape index (κ1) is 20.1. The van der Waals surface area contributed by atoms with E-state index in [-0.39, 0.29) is 28.4 Å². The van der Waals surface area contributed by atoms with Gasteiger partial charge in [-0.05, 0) is 75.3 Å². The van der Waals surface area contributed by atoms with Crippen LogP contribution in [0.1, 0.15) is 55.5 Å². The molecule has 4 aliphatic rings. The lowest BCUT2D eigenvalue weighted by Gasteiger charge is -2.55. The Balaban J connectivity index is 1.22. The summed E-state index contributed by atoms with van der Waals surface area (Å²) in [4.78, 5) is 12.6. The highest BCUT2D eigenvalue weighted by Crippen LogP contribution is 2.61. The van der Waals surface area contributed by atoms with Gasteiger partial charge in [0.05, 0.1) is 10.6 Å². The van der Waals surface area contributed by atoms with Crippen LogP contribution in [-0.2, 0) is 20.0 Å². The highest BCUT2D eigenvalue weighted by Gasteiger charge is 2.53. The van der Waals surface area contributed by atoms with Gasteiger partial charge in [-0.25, -0.2) is 8.42 Å². The second kappa shape index (κ2) is 7.41. The molecule has 1 aromatic carbocycles. The molecule has 8 heteroatoms. The van der Waals surface area contributed by atoms with Crippen LogP contribution in [0, 0.1) is 24.7 Å². The first-order valence-corrected chi connectivity index (χ1v) is 13.2. The van der Waals surface area contributed by atoms with Gasteiger partial charge in [0, 0.05) is 11.8 Å². The number of hydrogen-bond acceptors (Lipinski definition) is 6. The van der Waals surface area contributed by atoms with E-state index in [2.05, 4.69) is 15.5 Å². The zero-order valence-electron chi connectivity index (χ0n) is 17.1. The molecule has 4 bridgehead atoms. The number of nitrogens with zero attached hydrogens (tertiary/aromatic N) is 2. The van der Waals surface area contributed by atoms with Crippen LogP contribution in [0.15, 0.2) is 29.2 Å². The van der Waals surface area contributed by atoms with Crippen molar-refractivity contribution in [2.45, 2.75) is 62.2 Å². The van der Waals surface area contributed by atoms with E-state index in [1.54, 1.807) is 24.3 Å². The van der Waals surface area contributed by atoms with E-state index < -0.39 is 9.84 Å². The van der Waals surface area contributed by atoms with Gasteiger partial charge in [0.25, 0.3) is 0 Å². The highest BCUT2D eigenvalue weighted by molar-refractivity contribution is 7.91. The van der Waals surface area contributed by atoms with Crippen molar-refractivity contribution < 1.29 is 13.2 Å². The Kier molecular flexibility index (Phi) is 4.97. The van der Waals surface area contributed by atoms with Crippen LogP contribution >= 0.6 is 11.3 Å². The smallest absolute Gasteiger partial charge is 0.227 e. The fourth-order valence-electron chi connectivity index (χ4n) is 6.13. The van der Waals surface area contributed by atoms with Crippen molar-refractivity contribution in [1.82, 2.24) is 10.2 Å². The third kappa shape index (κ3) is 3.80. The Bertz CT molecular complexity index is 1020. The van der Waals surface area contributed by atoms with Crippen LogP contribution in [0.3, 0.4) is 0 Å². The fourth-order valence-corrected chi connectivity index (χ4v) is 8.35. The Labute approximate surface area is 181 Å². The maximum absolute atomic E-state index is 12.5. The average molecular weight is 446 g/mol. The minimum atomic E-state index is -3.48. The standard InChI is InChI=1S/C22H27N3O3S2/c1-14-2-4-18(5-3-14)30(27,28)7-6-19(26)23-21-25-24-20(29-21)22-11-15-8-16(12-22)10-17(9-15)13-22/h2-5,15-17H,6-13H2,1H3,(H,23,25,26). The first-order valence-electron chi connectivity index (χ1n) is 10.7. The maximum atomic E-state index is 12.5. The molecule has 0 spiro atoms. The van der Waals surface area contributed by atoms with Gasteiger partial charge in [-0.1, -0.05) is 29.0 Å². The topological polar surface area (TPSA) is 89.0 Å². The van der Waals surface area contributed by atoms with Crippen molar-refractivity contribution in [2.75, 3.05) is 11.1 Å². The number of aromatic nitrogens is 2. The lowest BCUT2D eigenvalue weighted by atomic mass is 9.50. The van der Waals surface area contributed by atoms with E-state index in [1.165, 1.54) is 49.9 Å².